The molecule has 1 aliphatic carbocycles. The van der Waals surface area contributed by atoms with E-state index >= 15 is 0 Å². The topological polar surface area (TPSA) is 40.5 Å². The van der Waals surface area contributed by atoms with Crippen LogP contribution < -0.4 is 0 Å². The van der Waals surface area contributed by atoms with Crippen LogP contribution in [0.2, 0.25) is 0 Å². The van der Waals surface area contributed by atoms with Gasteiger partial charge in [0.1, 0.15) is 0 Å². The largest absolute Gasteiger partial charge is 0.395 e. The molecule has 0 atom stereocenters. The minimum Gasteiger partial charge on any atom is -0.395 e. The lowest BCUT2D eigenvalue weighted by Crippen LogP contribution is -2.36. The Labute approximate surface area is 97.7 Å². The van der Waals surface area contributed by atoms with Crippen LogP contribution in [0.4, 0.5) is 8.78 Å². The molecule has 0 bridgehead atoms. The first-order valence-corrected chi connectivity index (χ1v) is 5.51. The molecule has 1 amide bonds. The van der Waals surface area contributed by atoms with Gasteiger partial charge in [0, 0.05) is 12.6 Å². The number of hydrogen-bond acceptors (Lipinski definition) is 2. The molecular weight excluding hydrogens is 228 g/mol. The molecule has 1 saturated carbocycles. The summed E-state index contributed by atoms with van der Waals surface area (Å²) in [6.07, 6.45) is 1.70. The highest BCUT2D eigenvalue weighted by molar-refractivity contribution is 5.94. The summed E-state index contributed by atoms with van der Waals surface area (Å²) in [5, 5.41) is 8.87. The number of carbonyl (C=O) groups excluding carboxylic acids is 1. The van der Waals surface area contributed by atoms with E-state index in [1.165, 1.54) is 17.0 Å². The van der Waals surface area contributed by atoms with Crippen molar-refractivity contribution in [2.45, 2.75) is 18.9 Å². The summed E-state index contributed by atoms with van der Waals surface area (Å²) in [6, 6.07) is 3.58. The van der Waals surface area contributed by atoms with Gasteiger partial charge in [-0.2, -0.15) is 0 Å². The summed E-state index contributed by atoms with van der Waals surface area (Å²) in [7, 11) is 0. The zero-order valence-electron chi connectivity index (χ0n) is 9.20. The lowest BCUT2D eigenvalue weighted by molar-refractivity contribution is 0.0702. The van der Waals surface area contributed by atoms with Gasteiger partial charge in [0.25, 0.3) is 5.91 Å². The van der Waals surface area contributed by atoms with Crippen LogP contribution in [-0.2, 0) is 0 Å². The fourth-order valence-corrected chi connectivity index (χ4v) is 1.77. The van der Waals surface area contributed by atoms with Crippen molar-refractivity contribution in [3.05, 3.63) is 35.4 Å². The number of nitrogens with zero attached hydrogens (tertiary/aromatic N) is 1. The maximum absolute atomic E-state index is 13.5. The summed E-state index contributed by atoms with van der Waals surface area (Å²) < 4.78 is 26.5. The lowest BCUT2D eigenvalue weighted by atomic mass is 10.1. The van der Waals surface area contributed by atoms with Crippen LogP contribution in [0.25, 0.3) is 0 Å². The molecule has 0 spiro atoms. The average molecular weight is 241 g/mol. The summed E-state index contributed by atoms with van der Waals surface area (Å²) in [6.45, 7) is -0.0291. The van der Waals surface area contributed by atoms with Crippen molar-refractivity contribution in [1.82, 2.24) is 4.90 Å². The van der Waals surface area contributed by atoms with Crippen LogP contribution in [0.3, 0.4) is 0 Å². The molecule has 5 heteroatoms. The highest BCUT2D eigenvalue weighted by Crippen LogP contribution is 2.28. The second kappa shape index (κ2) is 4.79. The van der Waals surface area contributed by atoms with Crippen LogP contribution in [0.1, 0.15) is 23.2 Å². The Kier molecular flexibility index (Phi) is 3.38. The van der Waals surface area contributed by atoms with Gasteiger partial charge in [-0.25, -0.2) is 8.78 Å². The van der Waals surface area contributed by atoms with E-state index in [1.54, 1.807) is 0 Å². The van der Waals surface area contributed by atoms with Crippen molar-refractivity contribution in [2.24, 2.45) is 0 Å². The molecule has 1 aliphatic rings. The summed E-state index contributed by atoms with van der Waals surface area (Å²) in [5.41, 5.74) is -0.273. The number of benzene rings is 1. The van der Waals surface area contributed by atoms with Crippen LogP contribution in [0.5, 0.6) is 0 Å². The predicted octanol–water partition coefficient (Wildman–Crippen LogP) is 1.56. The molecule has 2 rings (SSSR count). The third kappa shape index (κ3) is 2.44. The first-order chi connectivity index (χ1) is 8.15. The van der Waals surface area contributed by atoms with Crippen molar-refractivity contribution in [2.75, 3.05) is 13.2 Å². The maximum atomic E-state index is 13.5. The van der Waals surface area contributed by atoms with Gasteiger partial charge in [0.2, 0.25) is 0 Å². The third-order valence-electron chi connectivity index (χ3n) is 2.77. The van der Waals surface area contributed by atoms with Crippen molar-refractivity contribution < 1.29 is 18.7 Å². The Morgan fingerprint density at radius 1 is 1.41 bits per heavy atom. The molecule has 1 aromatic carbocycles. The minimum absolute atomic E-state index is 0.0531. The number of carbonyl (C=O) groups is 1. The van der Waals surface area contributed by atoms with Gasteiger partial charge in [-0.05, 0) is 25.0 Å². The van der Waals surface area contributed by atoms with Gasteiger partial charge in [-0.1, -0.05) is 6.07 Å². The van der Waals surface area contributed by atoms with Gasteiger partial charge < -0.3 is 10.0 Å². The first-order valence-electron chi connectivity index (χ1n) is 5.51. The predicted molar refractivity (Wildman–Crippen MR) is 57.5 cm³/mol. The monoisotopic (exact) mass is 241 g/mol. The molecule has 1 fully saturated rings. The Bertz CT molecular complexity index is 433. The van der Waals surface area contributed by atoms with Crippen LogP contribution in [-0.4, -0.2) is 35.1 Å². The third-order valence-corrected chi connectivity index (χ3v) is 2.77. The molecule has 0 radical (unpaired) electrons. The molecule has 17 heavy (non-hydrogen) atoms. The molecule has 1 N–H and O–H groups in total. The van der Waals surface area contributed by atoms with E-state index in [9.17, 15) is 13.6 Å². The van der Waals surface area contributed by atoms with Gasteiger partial charge in [0.05, 0.1) is 12.2 Å². The van der Waals surface area contributed by atoms with Gasteiger partial charge >= 0.3 is 0 Å². The highest BCUT2D eigenvalue weighted by Gasteiger charge is 2.33. The Morgan fingerprint density at radius 3 is 2.71 bits per heavy atom. The fourth-order valence-electron chi connectivity index (χ4n) is 1.77. The normalized spacial score (nSPS) is 14.8. The number of aliphatic hydroxyl groups is 1. The SMILES string of the molecule is O=C(c1cccc(F)c1F)N(CCO)C1CC1. The molecule has 0 aromatic heterocycles. The molecule has 0 unspecified atom stereocenters. The van der Waals surface area contributed by atoms with Crippen LogP contribution in [0.15, 0.2) is 18.2 Å². The van der Waals surface area contributed by atoms with E-state index in [0.29, 0.717) is 0 Å². The standard InChI is InChI=1S/C12H13F2NO2/c13-10-3-1-2-9(11(10)14)12(17)15(6-7-16)8-4-5-8/h1-3,8,16H,4-7H2. The average Bonchev–Trinajstić information content (AvgIpc) is 3.13. The smallest absolute Gasteiger partial charge is 0.257 e. The van der Waals surface area contributed by atoms with E-state index in [0.717, 1.165) is 18.9 Å². The van der Waals surface area contributed by atoms with Crippen molar-refractivity contribution in [1.29, 1.82) is 0 Å². The van der Waals surface area contributed by atoms with Crippen molar-refractivity contribution >= 4 is 5.91 Å². The van der Waals surface area contributed by atoms with E-state index in [1.807, 2.05) is 0 Å². The van der Waals surface area contributed by atoms with Crippen molar-refractivity contribution in [3.8, 4) is 0 Å². The number of halogens is 2. The summed E-state index contributed by atoms with van der Waals surface area (Å²) in [5.74, 6) is -2.71. The summed E-state index contributed by atoms with van der Waals surface area (Å²) in [4.78, 5) is 13.4. The highest BCUT2D eigenvalue weighted by atomic mass is 19.2. The minimum atomic E-state index is -1.12. The zero-order valence-corrected chi connectivity index (χ0v) is 9.20. The van der Waals surface area contributed by atoms with E-state index < -0.39 is 17.5 Å². The molecule has 0 aliphatic heterocycles. The maximum Gasteiger partial charge on any atom is 0.257 e. The molecular formula is C12H13F2NO2. The Morgan fingerprint density at radius 2 is 2.12 bits per heavy atom. The second-order valence-corrected chi connectivity index (χ2v) is 4.05. The van der Waals surface area contributed by atoms with E-state index in [4.69, 9.17) is 5.11 Å². The fraction of sp³-hybridized carbons (Fsp3) is 0.417. The van der Waals surface area contributed by atoms with E-state index in [2.05, 4.69) is 0 Å². The number of rotatable bonds is 4. The second-order valence-electron chi connectivity index (χ2n) is 4.05. The van der Waals surface area contributed by atoms with Gasteiger partial charge in [-0.3, -0.25) is 4.79 Å². The number of hydrogen-bond donors (Lipinski definition) is 1. The molecule has 1 aromatic rings. The van der Waals surface area contributed by atoms with Gasteiger partial charge in [-0.15, -0.1) is 0 Å². The number of aliphatic hydroxyl groups excluding tert-OH is 1. The van der Waals surface area contributed by atoms with E-state index in [-0.39, 0.29) is 24.8 Å². The van der Waals surface area contributed by atoms with Crippen LogP contribution >= 0.6 is 0 Å². The van der Waals surface area contributed by atoms with Crippen LogP contribution in [0, 0.1) is 11.6 Å². The first kappa shape index (κ1) is 12.0. The Balaban J connectivity index is 2.25. The van der Waals surface area contributed by atoms with Crippen molar-refractivity contribution in [3.63, 3.8) is 0 Å². The lowest BCUT2D eigenvalue weighted by Gasteiger charge is -2.21. The molecule has 0 heterocycles. The van der Waals surface area contributed by atoms with Gasteiger partial charge in [0.15, 0.2) is 11.6 Å². The summed E-state index contributed by atoms with van der Waals surface area (Å²) >= 11 is 0. The Hall–Kier alpha value is -1.49. The molecule has 3 nitrogen and oxygen atoms in total. The zero-order chi connectivity index (χ0) is 12.4. The quantitative estimate of drug-likeness (QED) is 0.869. The molecule has 92 valence electrons. The molecule has 0 saturated heterocycles. The number of amides is 1.